The van der Waals surface area contributed by atoms with Gasteiger partial charge in [-0.05, 0) is 23.8 Å². The first-order valence-electron chi connectivity index (χ1n) is 8.90. The van der Waals surface area contributed by atoms with Gasteiger partial charge in [-0.1, -0.05) is 49.1 Å². The van der Waals surface area contributed by atoms with E-state index < -0.39 is 0 Å². The van der Waals surface area contributed by atoms with Crippen molar-refractivity contribution in [1.82, 2.24) is 15.6 Å². The molecule has 0 fully saturated rings. The molecule has 1 heterocycles. The van der Waals surface area contributed by atoms with Crippen molar-refractivity contribution in [2.45, 2.75) is 13.1 Å². The molecule has 0 bridgehead atoms. The Morgan fingerprint density at radius 3 is 2.59 bits per heavy atom. The molecule has 2 N–H and O–H groups in total. The number of fused-ring (bicyclic) bond motifs is 1. The highest BCUT2D eigenvalue weighted by molar-refractivity contribution is 5.83. The van der Waals surface area contributed by atoms with E-state index in [9.17, 15) is 0 Å². The quantitative estimate of drug-likeness (QED) is 0.383. The predicted molar refractivity (Wildman–Crippen MR) is 111 cm³/mol. The lowest BCUT2D eigenvalue weighted by Crippen LogP contribution is -2.36. The van der Waals surface area contributed by atoms with Gasteiger partial charge < -0.3 is 15.4 Å². The van der Waals surface area contributed by atoms with Crippen LogP contribution in [0.3, 0.4) is 0 Å². The van der Waals surface area contributed by atoms with Gasteiger partial charge in [-0.3, -0.25) is 9.98 Å². The third-order valence-electron chi connectivity index (χ3n) is 4.18. The number of aliphatic imine (C=N–C) groups is 1. The van der Waals surface area contributed by atoms with Crippen LogP contribution in [-0.2, 0) is 13.1 Å². The monoisotopic (exact) mass is 360 g/mol. The van der Waals surface area contributed by atoms with Crippen LogP contribution < -0.4 is 15.4 Å². The summed E-state index contributed by atoms with van der Waals surface area (Å²) < 4.78 is 5.70. The summed E-state index contributed by atoms with van der Waals surface area (Å²) in [6.45, 7) is 5.46. The molecule has 0 spiro atoms. The maximum absolute atomic E-state index is 5.70. The van der Waals surface area contributed by atoms with Gasteiger partial charge in [-0.2, -0.15) is 0 Å². The number of nitrogens with one attached hydrogen (secondary N) is 2. The van der Waals surface area contributed by atoms with E-state index in [-0.39, 0.29) is 0 Å². The first-order valence-corrected chi connectivity index (χ1v) is 8.90. The minimum Gasteiger partial charge on any atom is -0.489 e. The molecule has 0 unspecified atom stereocenters. The molecule has 1 aromatic heterocycles. The lowest BCUT2D eigenvalue weighted by atomic mass is 10.1. The second-order valence-electron chi connectivity index (χ2n) is 5.97. The molecule has 3 aromatic rings. The van der Waals surface area contributed by atoms with Crippen LogP contribution in [0.25, 0.3) is 10.9 Å². The Labute approximate surface area is 159 Å². The Morgan fingerprint density at radius 2 is 1.78 bits per heavy atom. The molecule has 0 aliphatic rings. The van der Waals surface area contributed by atoms with Crippen LogP contribution in [0.2, 0.25) is 0 Å². The molecule has 0 saturated heterocycles. The normalized spacial score (nSPS) is 11.2. The van der Waals surface area contributed by atoms with Crippen molar-refractivity contribution in [2.75, 3.05) is 13.7 Å². The lowest BCUT2D eigenvalue weighted by molar-refractivity contribution is 0.358. The molecule has 2 aromatic carbocycles. The zero-order chi connectivity index (χ0) is 18.9. The van der Waals surface area contributed by atoms with Crippen LogP contribution >= 0.6 is 0 Å². The van der Waals surface area contributed by atoms with Gasteiger partial charge >= 0.3 is 0 Å². The van der Waals surface area contributed by atoms with Crippen LogP contribution in [0.5, 0.6) is 5.75 Å². The van der Waals surface area contributed by atoms with Crippen LogP contribution in [0.4, 0.5) is 0 Å². The topological polar surface area (TPSA) is 58.5 Å². The standard InChI is InChI=1S/C22H24N4O/c1-3-14-27-21-11-7-4-8-18(21)16-26-22(23-2)25-15-17-12-13-24-20-10-6-5-9-19(17)20/h3-13H,1,14-16H2,2H3,(H2,23,25,26). The number of rotatable bonds is 7. The van der Waals surface area contributed by atoms with Gasteiger partial charge in [0.05, 0.1) is 5.52 Å². The van der Waals surface area contributed by atoms with E-state index in [2.05, 4.69) is 33.3 Å². The lowest BCUT2D eigenvalue weighted by Gasteiger charge is -2.15. The Kier molecular flexibility index (Phi) is 6.41. The number of benzene rings is 2. The number of pyridine rings is 1. The Bertz CT molecular complexity index is 931. The van der Waals surface area contributed by atoms with E-state index in [1.165, 1.54) is 5.56 Å². The van der Waals surface area contributed by atoms with E-state index in [0.717, 1.165) is 28.2 Å². The summed E-state index contributed by atoms with van der Waals surface area (Å²) in [5.74, 6) is 1.58. The molecule has 5 nitrogen and oxygen atoms in total. The second-order valence-corrected chi connectivity index (χ2v) is 5.97. The maximum atomic E-state index is 5.70. The van der Waals surface area contributed by atoms with Gasteiger partial charge in [-0.15, -0.1) is 0 Å². The van der Waals surface area contributed by atoms with E-state index in [1.807, 2.05) is 54.7 Å². The molecule has 0 radical (unpaired) electrons. The number of hydrogen-bond donors (Lipinski definition) is 2. The third kappa shape index (κ3) is 4.85. The predicted octanol–water partition coefficient (Wildman–Crippen LogP) is 3.66. The van der Waals surface area contributed by atoms with E-state index in [1.54, 1.807) is 13.1 Å². The van der Waals surface area contributed by atoms with Gasteiger partial charge in [0.25, 0.3) is 0 Å². The molecule has 0 atom stereocenters. The minimum absolute atomic E-state index is 0.485. The van der Waals surface area contributed by atoms with Crippen LogP contribution in [-0.4, -0.2) is 24.6 Å². The summed E-state index contributed by atoms with van der Waals surface area (Å²) in [6, 6.07) is 18.1. The van der Waals surface area contributed by atoms with Crippen molar-refractivity contribution < 1.29 is 4.74 Å². The average Bonchev–Trinajstić information content (AvgIpc) is 2.73. The Morgan fingerprint density at radius 1 is 1.04 bits per heavy atom. The highest BCUT2D eigenvalue weighted by Gasteiger charge is 2.06. The molecule has 3 rings (SSSR count). The van der Waals surface area contributed by atoms with E-state index in [4.69, 9.17) is 4.74 Å². The summed E-state index contributed by atoms with van der Waals surface area (Å²) in [4.78, 5) is 8.72. The molecule has 138 valence electrons. The number of aromatic nitrogens is 1. The van der Waals surface area contributed by atoms with Crippen molar-refractivity contribution in [2.24, 2.45) is 4.99 Å². The summed E-state index contributed by atoms with van der Waals surface area (Å²) in [5.41, 5.74) is 3.24. The number of para-hydroxylation sites is 2. The van der Waals surface area contributed by atoms with Crippen molar-refractivity contribution in [3.05, 3.63) is 84.6 Å². The zero-order valence-electron chi connectivity index (χ0n) is 15.5. The average molecular weight is 360 g/mol. The summed E-state index contributed by atoms with van der Waals surface area (Å²) in [5, 5.41) is 7.85. The van der Waals surface area contributed by atoms with Crippen LogP contribution in [0.15, 0.2) is 78.4 Å². The summed E-state index contributed by atoms with van der Waals surface area (Å²) in [6.07, 6.45) is 3.58. The van der Waals surface area contributed by atoms with Crippen molar-refractivity contribution >= 4 is 16.9 Å². The second kappa shape index (κ2) is 9.38. The number of guanidine groups is 1. The highest BCUT2D eigenvalue weighted by atomic mass is 16.5. The minimum atomic E-state index is 0.485. The first kappa shape index (κ1) is 18.5. The molecule has 0 aliphatic carbocycles. The number of ether oxygens (including phenoxy) is 1. The summed E-state index contributed by atoms with van der Waals surface area (Å²) in [7, 11) is 1.76. The number of hydrogen-bond acceptors (Lipinski definition) is 3. The van der Waals surface area contributed by atoms with Gasteiger partial charge in [0.1, 0.15) is 12.4 Å². The van der Waals surface area contributed by atoms with Crippen molar-refractivity contribution in [3.63, 3.8) is 0 Å². The van der Waals surface area contributed by atoms with E-state index in [0.29, 0.717) is 19.7 Å². The SMILES string of the molecule is C=CCOc1ccccc1CNC(=NC)NCc1ccnc2ccccc12. The van der Waals surface area contributed by atoms with Crippen LogP contribution in [0, 0.1) is 0 Å². The van der Waals surface area contributed by atoms with Gasteiger partial charge in [-0.25, -0.2) is 0 Å². The number of nitrogens with zero attached hydrogens (tertiary/aromatic N) is 2. The molecule has 0 saturated carbocycles. The van der Waals surface area contributed by atoms with Gasteiger partial charge in [0.15, 0.2) is 5.96 Å². The molecular formula is C22H24N4O. The molecule has 5 heteroatoms. The fourth-order valence-electron chi connectivity index (χ4n) is 2.83. The fraction of sp³-hybridized carbons (Fsp3) is 0.182. The molecule has 0 aliphatic heterocycles. The third-order valence-corrected chi connectivity index (χ3v) is 4.18. The Hall–Kier alpha value is -3.34. The van der Waals surface area contributed by atoms with Crippen LogP contribution in [0.1, 0.15) is 11.1 Å². The Balaban J connectivity index is 1.63. The smallest absolute Gasteiger partial charge is 0.191 e. The van der Waals surface area contributed by atoms with E-state index >= 15 is 0 Å². The fourth-order valence-corrected chi connectivity index (χ4v) is 2.83. The maximum Gasteiger partial charge on any atom is 0.191 e. The molecular weight excluding hydrogens is 336 g/mol. The van der Waals surface area contributed by atoms with Gasteiger partial charge in [0.2, 0.25) is 0 Å². The largest absolute Gasteiger partial charge is 0.489 e. The van der Waals surface area contributed by atoms with Crippen molar-refractivity contribution in [3.8, 4) is 5.75 Å². The zero-order valence-corrected chi connectivity index (χ0v) is 15.5. The molecule has 0 amide bonds. The first-order chi connectivity index (χ1) is 13.3. The van der Waals surface area contributed by atoms with Gasteiger partial charge in [0, 0.05) is 37.3 Å². The highest BCUT2D eigenvalue weighted by Crippen LogP contribution is 2.18. The van der Waals surface area contributed by atoms with Crippen molar-refractivity contribution in [1.29, 1.82) is 0 Å². The molecule has 27 heavy (non-hydrogen) atoms. The summed E-state index contributed by atoms with van der Waals surface area (Å²) >= 11 is 0.